The van der Waals surface area contributed by atoms with Crippen molar-refractivity contribution >= 4 is 51.1 Å². The van der Waals surface area contributed by atoms with E-state index in [1.807, 2.05) is 18.2 Å². The summed E-state index contributed by atoms with van der Waals surface area (Å²) in [5.41, 5.74) is 1.24. The number of anilines is 1. The fourth-order valence-corrected chi connectivity index (χ4v) is 4.25. The number of amides is 1. The first-order valence-corrected chi connectivity index (χ1v) is 9.79. The van der Waals surface area contributed by atoms with E-state index in [9.17, 15) is 4.79 Å². The Morgan fingerprint density at radius 2 is 2.13 bits per heavy atom. The van der Waals surface area contributed by atoms with Gasteiger partial charge < -0.3 is 5.32 Å². The summed E-state index contributed by atoms with van der Waals surface area (Å²) in [7, 11) is 0. The number of nitrogens with one attached hydrogen (secondary N) is 2. The number of carbonyl (C=O) groups is 1. The molecule has 1 aliphatic heterocycles. The first-order valence-electron chi connectivity index (χ1n) is 7.01. The second-order valence-electron chi connectivity index (χ2n) is 4.60. The number of aromatic nitrogens is 2. The molecule has 0 unspecified atom stereocenters. The average molecular weight is 366 g/mol. The van der Waals surface area contributed by atoms with Crippen LogP contribution in [0.3, 0.4) is 0 Å². The highest BCUT2D eigenvalue weighted by molar-refractivity contribution is 8.14. The number of rotatable bonds is 6. The van der Waals surface area contributed by atoms with E-state index < -0.39 is 0 Å². The lowest BCUT2D eigenvalue weighted by atomic mass is 10.2. The van der Waals surface area contributed by atoms with E-state index in [4.69, 9.17) is 0 Å². The predicted octanol–water partition coefficient (Wildman–Crippen LogP) is 2.46. The lowest BCUT2D eigenvalue weighted by molar-refractivity contribution is -0.113. The molecular weight excluding hydrogens is 350 g/mol. The predicted molar refractivity (Wildman–Crippen MR) is 97.3 cm³/mol. The van der Waals surface area contributed by atoms with Crippen LogP contribution in [-0.4, -0.2) is 40.1 Å². The highest BCUT2D eigenvalue weighted by Crippen LogP contribution is 2.28. The van der Waals surface area contributed by atoms with Gasteiger partial charge in [-0.05, 0) is 5.56 Å². The van der Waals surface area contributed by atoms with Crippen molar-refractivity contribution in [1.82, 2.24) is 15.5 Å². The second kappa shape index (κ2) is 8.32. The summed E-state index contributed by atoms with van der Waals surface area (Å²) in [5.74, 6) is 1.06. The van der Waals surface area contributed by atoms with Crippen molar-refractivity contribution < 1.29 is 4.79 Å². The standard InChI is InChI=1S/C14H15N5OS3/c20-11(9-21-12-15-6-7-16-12)17-13-18-19-14(23-13)22-8-10-4-2-1-3-5-10/h1-5H,6-9H2,(H,15,16)(H,17,18,20). The van der Waals surface area contributed by atoms with Crippen molar-refractivity contribution in [2.24, 2.45) is 4.99 Å². The molecule has 3 rings (SSSR count). The number of benzene rings is 1. The number of hydrogen-bond donors (Lipinski definition) is 2. The molecule has 0 saturated heterocycles. The van der Waals surface area contributed by atoms with Gasteiger partial charge in [-0.3, -0.25) is 15.1 Å². The summed E-state index contributed by atoms with van der Waals surface area (Å²) in [5, 5.41) is 15.4. The van der Waals surface area contributed by atoms with Crippen LogP contribution in [0.25, 0.3) is 0 Å². The lowest BCUT2D eigenvalue weighted by Gasteiger charge is -2.01. The third kappa shape index (κ3) is 5.22. The van der Waals surface area contributed by atoms with Crippen molar-refractivity contribution in [2.75, 3.05) is 24.2 Å². The topological polar surface area (TPSA) is 79.3 Å². The SMILES string of the molecule is O=C(CSC1=NCCN1)Nc1nnc(SCc2ccccc2)s1. The van der Waals surface area contributed by atoms with Crippen LogP contribution in [0.15, 0.2) is 39.7 Å². The monoisotopic (exact) mass is 365 g/mol. The van der Waals surface area contributed by atoms with Crippen LogP contribution in [0, 0.1) is 0 Å². The molecule has 0 bridgehead atoms. The van der Waals surface area contributed by atoms with Crippen molar-refractivity contribution in [3.63, 3.8) is 0 Å². The summed E-state index contributed by atoms with van der Waals surface area (Å²) >= 11 is 4.41. The fourth-order valence-electron chi connectivity index (χ4n) is 1.80. The maximum Gasteiger partial charge on any atom is 0.236 e. The van der Waals surface area contributed by atoms with Gasteiger partial charge in [0.05, 0.1) is 12.3 Å². The summed E-state index contributed by atoms with van der Waals surface area (Å²) in [6.45, 7) is 1.63. The Kier molecular flexibility index (Phi) is 5.89. The first kappa shape index (κ1) is 16.3. The van der Waals surface area contributed by atoms with Gasteiger partial charge in [0.25, 0.3) is 0 Å². The van der Waals surface area contributed by atoms with Crippen LogP contribution >= 0.6 is 34.9 Å². The van der Waals surface area contributed by atoms with Crippen LogP contribution in [-0.2, 0) is 10.5 Å². The molecule has 2 aromatic rings. The van der Waals surface area contributed by atoms with E-state index in [0.29, 0.717) is 10.9 Å². The van der Waals surface area contributed by atoms with Crippen molar-refractivity contribution in [3.05, 3.63) is 35.9 Å². The summed E-state index contributed by atoms with van der Waals surface area (Å²) in [6, 6.07) is 10.2. The van der Waals surface area contributed by atoms with Crippen molar-refractivity contribution in [2.45, 2.75) is 10.1 Å². The van der Waals surface area contributed by atoms with Gasteiger partial charge in [0.2, 0.25) is 11.0 Å². The van der Waals surface area contributed by atoms with Crippen LogP contribution in [0.1, 0.15) is 5.56 Å². The molecule has 0 fully saturated rings. The minimum atomic E-state index is -0.0952. The quantitative estimate of drug-likeness (QED) is 0.605. The molecule has 0 saturated carbocycles. The average Bonchev–Trinajstić information content (AvgIpc) is 3.24. The third-order valence-corrected chi connectivity index (χ3v) is 5.84. The molecule has 1 aromatic heterocycles. The Labute approximate surface area is 146 Å². The van der Waals surface area contributed by atoms with Crippen molar-refractivity contribution in [3.8, 4) is 0 Å². The maximum absolute atomic E-state index is 11.9. The van der Waals surface area contributed by atoms with E-state index in [0.717, 1.165) is 28.3 Å². The zero-order valence-corrected chi connectivity index (χ0v) is 14.6. The Morgan fingerprint density at radius 1 is 1.26 bits per heavy atom. The van der Waals surface area contributed by atoms with Crippen LogP contribution in [0.5, 0.6) is 0 Å². The van der Waals surface area contributed by atoms with Crippen LogP contribution < -0.4 is 10.6 Å². The molecule has 1 aliphatic rings. The van der Waals surface area contributed by atoms with Gasteiger partial charge in [-0.1, -0.05) is 65.2 Å². The minimum absolute atomic E-state index is 0.0952. The molecule has 1 aromatic carbocycles. The van der Waals surface area contributed by atoms with Gasteiger partial charge in [-0.15, -0.1) is 10.2 Å². The second-order valence-corrected chi connectivity index (χ2v) is 7.76. The van der Waals surface area contributed by atoms with E-state index in [2.05, 4.69) is 38.0 Å². The van der Waals surface area contributed by atoms with Gasteiger partial charge in [0.1, 0.15) is 0 Å². The van der Waals surface area contributed by atoms with Crippen LogP contribution in [0.2, 0.25) is 0 Å². The largest absolute Gasteiger partial charge is 0.363 e. The zero-order valence-electron chi connectivity index (χ0n) is 12.2. The van der Waals surface area contributed by atoms with Gasteiger partial charge in [0.15, 0.2) is 9.51 Å². The Bertz CT molecular complexity index is 689. The van der Waals surface area contributed by atoms with Gasteiger partial charge in [-0.2, -0.15) is 0 Å². The van der Waals surface area contributed by atoms with Crippen LogP contribution in [0.4, 0.5) is 5.13 Å². The Morgan fingerprint density at radius 3 is 2.91 bits per heavy atom. The van der Waals surface area contributed by atoms with Gasteiger partial charge in [0, 0.05) is 12.3 Å². The molecule has 2 heterocycles. The molecular formula is C14H15N5OS3. The number of hydrogen-bond acceptors (Lipinski definition) is 8. The Hall–Kier alpha value is -1.58. The molecule has 0 radical (unpaired) electrons. The highest BCUT2D eigenvalue weighted by Gasteiger charge is 2.12. The normalized spacial score (nSPS) is 13.5. The molecule has 1 amide bonds. The molecule has 6 nitrogen and oxygen atoms in total. The molecule has 23 heavy (non-hydrogen) atoms. The van der Waals surface area contributed by atoms with E-state index in [1.54, 1.807) is 11.8 Å². The number of nitrogens with zero attached hydrogens (tertiary/aromatic N) is 3. The van der Waals surface area contributed by atoms with E-state index in [-0.39, 0.29) is 5.91 Å². The van der Waals surface area contributed by atoms with Gasteiger partial charge in [-0.25, -0.2) is 0 Å². The molecule has 0 atom stereocenters. The summed E-state index contributed by atoms with van der Waals surface area (Å²) in [6.07, 6.45) is 0. The molecule has 2 N–H and O–H groups in total. The summed E-state index contributed by atoms with van der Waals surface area (Å²) in [4.78, 5) is 16.1. The number of carbonyl (C=O) groups excluding carboxylic acids is 1. The lowest BCUT2D eigenvalue weighted by Crippen LogP contribution is -2.20. The Balaban J connectivity index is 1.44. The van der Waals surface area contributed by atoms with E-state index >= 15 is 0 Å². The molecule has 9 heteroatoms. The van der Waals surface area contributed by atoms with E-state index in [1.165, 1.54) is 28.7 Å². The smallest absolute Gasteiger partial charge is 0.236 e. The third-order valence-electron chi connectivity index (χ3n) is 2.84. The summed E-state index contributed by atoms with van der Waals surface area (Å²) < 4.78 is 0.846. The zero-order chi connectivity index (χ0) is 15.9. The minimum Gasteiger partial charge on any atom is -0.363 e. The molecule has 0 aliphatic carbocycles. The maximum atomic E-state index is 11.9. The number of aliphatic imine (C=N–C) groups is 1. The fraction of sp³-hybridized carbons (Fsp3) is 0.286. The molecule has 0 spiro atoms. The number of amidine groups is 1. The van der Waals surface area contributed by atoms with Gasteiger partial charge >= 0.3 is 0 Å². The number of thioether (sulfide) groups is 2. The van der Waals surface area contributed by atoms with Crippen molar-refractivity contribution in [1.29, 1.82) is 0 Å². The first-order chi connectivity index (χ1) is 11.3. The highest BCUT2D eigenvalue weighted by atomic mass is 32.2. The molecule has 120 valence electrons.